The highest BCUT2D eigenvalue weighted by Gasteiger charge is 2.11. The van der Waals surface area contributed by atoms with Crippen molar-refractivity contribution in [1.29, 1.82) is 0 Å². The first-order chi connectivity index (χ1) is 9.83. The molecule has 0 aliphatic rings. The normalized spacial score (nSPS) is 11.5. The van der Waals surface area contributed by atoms with Gasteiger partial charge in [0.2, 0.25) is 5.88 Å². The van der Waals surface area contributed by atoms with E-state index in [4.69, 9.17) is 16.3 Å². The van der Waals surface area contributed by atoms with E-state index in [2.05, 4.69) is 31.1 Å². The maximum absolute atomic E-state index is 13.1. The van der Waals surface area contributed by atoms with Gasteiger partial charge in [-0.25, -0.2) is 9.37 Å². The highest BCUT2D eigenvalue weighted by atomic mass is 35.5. The Morgan fingerprint density at radius 3 is 2.67 bits per heavy atom. The summed E-state index contributed by atoms with van der Waals surface area (Å²) in [5.41, 5.74) is 0.977. The minimum absolute atomic E-state index is 0.0171. The van der Waals surface area contributed by atoms with Gasteiger partial charge in [-0.15, -0.1) is 0 Å². The number of nitrogens with zero attached hydrogens (tertiary/aromatic N) is 1. The third kappa shape index (κ3) is 4.99. The second-order valence-corrected chi connectivity index (χ2v) is 6.20. The number of rotatable bonds is 4. The van der Waals surface area contributed by atoms with Gasteiger partial charge in [-0.3, -0.25) is 0 Å². The van der Waals surface area contributed by atoms with Crippen molar-refractivity contribution >= 4 is 11.6 Å². The van der Waals surface area contributed by atoms with Gasteiger partial charge in [-0.05, 0) is 44.5 Å². The van der Waals surface area contributed by atoms with E-state index in [1.807, 2.05) is 0 Å². The van der Waals surface area contributed by atoms with E-state index in [9.17, 15) is 4.39 Å². The lowest BCUT2D eigenvalue weighted by Gasteiger charge is -2.20. The maximum Gasteiger partial charge on any atom is 0.238 e. The van der Waals surface area contributed by atoms with Crippen LogP contribution in [0.25, 0.3) is 0 Å². The van der Waals surface area contributed by atoms with E-state index in [-0.39, 0.29) is 17.2 Å². The van der Waals surface area contributed by atoms with Gasteiger partial charge in [0.05, 0.1) is 0 Å². The molecule has 0 aliphatic heterocycles. The van der Waals surface area contributed by atoms with Gasteiger partial charge in [-0.1, -0.05) is 17.7 Å². The average molecular weight is 309 g/mol. The summed E-state index contributed by atoms with van der Waals surface area (Å²) in [7, 11) is 0. The Kier molecular flexibility index (Phi) is 4.80. The van der Waals surface area contributed by atoms with Gasteiger partial charge >= 0.3 is 0 Å². The van der Waals surface area contributed by atoms with Crippen LogP contribution in [0.1, 0.15) is 26.3 Å². The molecule has 0 amide bonds. The van der Waals surface area contributed by atoms with Crippen molar-refractivity contribution < 1.29 is 9.13 Å². The molecule has 21 heavy (non-hydrogen) atoms. The van der Waals surface area contributed by atoms with Gasteiger partial charge in [-0.2, -0.15) is 0 Å². The minimum Gasteiger partial charge on any atom is -0.437 e. The Morgan fingerprint density at radius 1 is 1.29 bits per heavy atom. The summed E-state index contributed by atoms with van der Waals surface area (Å²) in [6.07, 6.45) is 1.69. The summed E-state index contributed by atoms with van der Waals surface area (Å²) in [5.74, 6) is 0.265. The van der Waals surface area contributed by atoms with Crippen LogP contribution in [-0.4, -0.2) is 10.5 Å². The Morgan fingerprint density at radius 2 is 2.05 bits per heavy atom. The summed E-state index contributed by atoms with van der Waals surface area (Å²) in [6.45, 7) is 6.92. The molecule has 0 aliphatic carbocycles. The molecule has 0 fully saturated rings. The van der Waals surface area contributed by atoms with Crippen molar-refractivity contribution in [2.24, 2.45) is 0 Å². The number of hydrogen-bond donors (Lipinski definition) is 1. The van der Waals surface area contributed by atoms with Crippen LogP contribution in [0.2, 0.25) is 5.02 Å². The van der Waals surface area contributed by atoms with Crippen molar-refractivity contribution in [1.82, 2.24) is 10.3 Å². The number of pyridine rings is 1. The molecule has 1 aromatic carbocycles. The van der Waals surface area contributed by atoms with Crippen LogP contribution in [0.3, 0.4) is 0 Å². The van der Waals surface area contributed by atoms with Crippen molar-refractivity contribution in [2.45, 2.75) is 32.9 Å². The van der Waals surface area contributed by atoms with Gasteiger partial charge in [0, 0.05) is 24.3 Å². The highest BCUT2D eigenvalue weighted by molar-refractivity contribution is 6.31. The quantitative estimate of drug-likeness (QED) is 0.899. The zero-order valence-corrected chi connectivity index (χ0v) is 13.0. The Balaban J connectivity index is 2.09. The molecule has 2 aromatic rings. The summed E-state index contributed by atoms with van der Waals surface area (Å²) in [4.78, 5) is 4.19. The molecule has 5 heteroatoms. The molecule has 1 aromatic heterocycles. The lowest BCUT2D eigenvalue weighted by Crippen LogP contribution is -2.35. The molecule has 0 atom stereocenters. The van der Waals surface area contributed by atoms with Crippen molar-refractivity contribution in [2.75, 3.05) is 0 Å². The lowest BCUT2D eigenvalue weighted by atomic mass is 10.1. The maximum atomic E-state index is 13.1. The Bertz CT molecular complexity index is 626. The molecule has 1 heterocycles. The van der Waals surface area contributed by atoms with E-state index in [0.717, 1.165) is 5.56 Å². The molecular formula is C16H18ClFN2O. The van der Waals surface area contributed by atoms with Gasteiger partial charge < -0.3 is 10.1 Å². The summed E-state index contributed by atoms with van der Waals surface area (Å²) in [5, 5.41) is 3.75. The number of hydrogen-bond acceptors (Lipinski definition) is 3. The first-order valence-electron chi connectivity index (χ1n) is 6.66. The van der Waals surface area contributed by atoms with Crippen molar-refractivity contribution in [3.8, 4) is 11.6 Å². The molecular weight excluding hydrogens is 291 g/mol. The molecule has 3 nitrogen and oxygen atoms in total. The number of benzene rings is 1. The number of aromatic nitrogens is 1. The predicted molar refractivity (Wildman–Crippen MR) is 82.3 cm³/mol. The fourth-order valence-electron chi connectivity index (χ4n) is 1.65. The zero-order valence-electron chi connectivity index (χ0n) is 12.3. The lowest BCUT2D eigenvalue weighted by molar-refractivity contribution is 0.423. The SMILES string of the molecule is CC(C)(C)NCc1cnc(Oc2cccc(F)c2)c(Cl)c1. The van der Waals surface area contributed by atoms with E-state index in [1.54, 1.807) is 24.4 Å². The Labute approximate surface area is 129 Å². The van der Waals surface area contributed by atoms with Crippen LogP contribution < -0.4 is 10.1 Å². The van der Waals surface area contributed by atoms with Crippen LogP contribution >= 0.6 is 11.6 Å². The van der Waals surface area contributed by atoms with Gasteiger partial charge in [0.25, 0.3) is 0 Å². The van der Waals surface area contributed by atoms with Crippen LogP contribution in [0.5, 0.6) is 11.6 Å². The predicted octanol–water partition coefficient (Wildman–Crippen LogP) is 4.55. The largest absolute Gasteiger partial charge is 0.437 e. The topological polar surface area (TPSA) is 34.2 Å². The molecule has 0 saturated carbocycles. The van der Waals surface area contributed by atoms with E-state index in [1.165, 1.54) is 12.1 Å². The third-order valence-corrected chi connectivity index (χ3v) is 2.97. The molecule has 2 rings (SSSR count). The Hall–Kier alpha value is -1.65. The fraction of sp³-hybridized carbons (Fsp3) is 0.312. The second-order valence-electron chi connectivity index (χ2n) is 5.79. The number of nitrogens with one attached hydrogen (secondary N) is 1. The number of halogens is 2. The van der Waals surface area contributed by atoms with E-state index in [0.29, 0.717) is 17.3 Å². The molecule has 1 N–H and O–H groups in total. The smallest absolute Gasteiger partial charge is 0.238 e. The summed E-state index contributed by atoms with van der Waals surface area (Å²) in [6, 6.07) is 7.65. The van der Waals surface area contributed by atoms with Gasteiger partial charge in [0.1, 0.15) is 16.6 Å². The highest BCUT2D eigenvalue weighted by Crippen LogP contribution is 2.28. The fourth-order valence-corrected chi connectivity index (χ4v) is 1.87. The zero-order chi connectivity index (χ0) is 15.5. The molecule has 0 bridgehead atoms. The standard InChI is InChI=1S/C16H18ClFN2O/c1-16(2,3)20-10-11-7-14(17)15(19-9-11)21-13-6-4-5-12(18)8-13/h4-9,20H,10H2,1-3H3. The minimum atomic E-state index is -0.366. The second kappa shape index (κ2) is 6.41. The molecule has 0 spiro atoms. The van der Waals surface area contributed by atoms with Crippen LogP contribution in [0.15, 0.2) is 36.5 Å². The monoisotopic (exact) mass is 308 g/mol. The van der Waals surface area contributed by atoms with Crippen LogP contribution in [0.4, 0.5) is 4.39 Å². The van der Waals surface area contributed by atoms with E-state index < -0.39 is 0 Å². The first-order valence-corrected chi connectivity index (χ1v) is 7.04. The van der Waals surface area contributed by atoms with Gasteiger partial charge in [0.15, 0.2) is 0 Å². The molecule has 0 saturated heterocycles. The molecule has 0 unspecified atom stereocenters. The summed E-state index contributed by atoms with van der Waals surface area (Å²) < 4.78 is 18.6. The first kappa shape index (κ1) is 15.7. The third-order valence-electron chi connectivity index (χ3n) is 2.70. The van der Waals surface area contributed by atoms with Crippen molar-refractivity contribution in [3.63, 3.8) is 0 Å². The molecule has 0 radical (unpaired) electrons. The van der Waals surface area contributed by atoms with Crippen LogP contribution in [-0.2, 0) is 6.54 Å². The number of ether oxygens (including phenoxy) is 1. The summed E-state index contributed by atoms with van der Waals surface area (Å²) >= 11 is 6.16. The molecule has 112 valence electrons. The average Bonchev–Trinajstić information content (AvgIpc) is 2.38. The van der Waals surface area contributed by atoms with Crippen molar-refractivity contribution in [3.05, 3.63) is 52.9 Å². The van der Waals surface area contributed by atoms with Crippen LogP contribution in [0, 0.1) is 5.82 Å². The van der Waals surface area contributed by atoms with E-state index >= 15 is 0 Å².